The molecule has 0 saturated heterocycles. The van der Waals surface area contributed by atoms with Crippen molar-refractivity contribution in [3.8, 4) is 0 Å². The first-order chi connectivity index (χ1) is 8.70. The maximum Gasteiger partial charge on any atom is 0.260 e. The number of amides is 2. The zero-order valence-corrected chi connectivity index (χ0v) is 11.2. The summed E-state index contributed by atoms with van der Waals surface area (Å²) in [7, 11) is 0. The summed E-state index contributed by atoms with van der Waals surface area (Å²) in [5, 5.41) is 0. The van der Waals surface area contributed by atoms with Crippen LogP contribution in [0.5, 0.6) is 0 Å². The van der Waals surface area contributed by atoms with E-state index in [4.69, 9.17) is 0 Å². The van der Waals surface area contributed by atoms with Crippen molar-refractivity contribution in [3.05, 3.63) is 35.9 Å². The highest BCUT2D eigenvalue weighted by atomic mass is 16.2. The topological polar surface area (TPSA) is 37.4 Å². The number of benzene rings is 1. The number of unbranched alkanes of at least 4 members (excludes halogenated alkanes) is 1. The molecule has 0 fully saturated rings. The van der Waals surface area contributed by atoms with E-state index < -0.39 is 0 Å². The third-order valence-electron chi connectivity index (χ3n) is 2.77. The molecule has 2 amide bonds. The number of nitrogens with zero attached hydrogens (tertiary/aromatic N) is 1. The van der Waals surface area contributed by atoms with Gasteiger partial charge in [-0.2, -0.15) is 0 Å². The Labute approximate surface area is 109 Å². The monoisotopic (exact) mass is 247 g/mol. The predicted octanol–water partition coefficient (Wildman–Crippen LogP) is 3.26. The summed E-state index contributed by atoms with van der Waals surface area (Å²) < 4.78 is 0. The number of carbonyl (C=O) groups excluding carboxylic acids is 2. The first-order valence-corrected chi connectivity index (χ1v) is 6.60. The summed E-state index contributed by atoms with van der Waals surface area (Å²) in [6.45, 7) is 4.52. The molecule has 1 aromatic carbocycles. The Kier molecular flexibility index (Phi) is 6.12. The van der Waals surface area contributed by atoms with Crippen molar-refractivity contribution in [2.75, 3.05) is 6.54 Å². The molecule has 18 heavy (non-hydrogen) atoms. The van der Waals surface area contributed by atoms with Crippen molar-refractivity contribution in [3.63, 3.8) is 0 Å². The summed E-state index contributed by atoms with van der Waals surface area (Å²) >= 11 is 0. The molecule has 1 aromatic rings. The molecule has 0 aromatic heterocycles. The zero-order chi connectivity index (χ0) is 13.4. The minimum Gasteiger partial charge on any atom is -0.279 e. The second kappa shape index (κ2) is 7.64. The second-order valence-corrected chi connectivity index (χ2v) is 4.32. The quantitative estimate of drug-likeness (QED) is 0.773. The molecule has 98 valence electrons. The second-order valence-electron chi connectivity index (χ2n) is 4.32. The smallest absolute Gasteiger partial charge is 0.260 e. The third kappa shape index (κ3) is 3.99. The van der Waals surface area contributed by atoms with Crippen LogP contribution >= 0.6 is 0 Å². The Morgan fingerprint density at radius 1 is 1.06 bits per heavy atom. The normalized spacial score (nSPS) is 10.1. The van der Waals surface area contributed by atoms with E-state index in [2.05, 4.69) is 6.92 Å². The fourth-order valence-corrected chi connectivity index (χ4v) is 1.74. The van der Waals surface area contributed by atoms with Gasteiger partial charge in [0, 0.05) is 18.5 Å². The van der Waals surface area contributed by atoms with Crippen molar-refractivity contribution in [1.29, 1.82) is 0 Å². The van der Waals surface area contributed by atoms with Crippen LogP contribution in [0, 0.1) is 0 Å². The molecular formula is C15H21NO2. The minimum absolute atomic E-state index is 0.0696. The fourth-order valence-electron chi connectivity index (χ4n) is 1.74. The summed E-state index contributed by atoms with van der Waals surface area (Å²) in [5.41, 5.74) is 0.582. The molecule has 0 aliphatic heterocycles. The van der Waals surface area contributed by atoms with E-state index in [9.17, 15) is 9.59 Å². The van der Waals surface area contributed by atoms with Crippen molar-refractivity contribution in [2.24, 2.45) is 0 Å². The number of hydrogen-bond acceptors (Lipinski definition) is 2. The van der Waals surface area contributed by atoms with E-state index in [-0.39, 0.29) is 11.8 Å². The van der Waals surface area contributed by atoms with Crippen molar-refractivity contribution in [2.45, 2.75) is 39.5 Å². The molecule has 3 heteroatoms. The lowest BCUT2D eigenvalue weighted by atomic mass is 10.1. The van der Waals surface area contributed by atoms with Crippen molar-refractivity contribution < 1.29 is 9.59 Å². The molecule has 0 unspecified atom stereocenters. The van der Waals surface area contributed by atoms with E-state index >= 15 is 0 Å². The molecule has 0 bridgehead atoms. The van der Waals surface area contributed by atoms with Gasteiger partial charge in [-0.15, -0.1) is 0 Å². The molecule has 0 radical (unpaired) electrons. The van der Waals surface area contributed by atoms with Gasteiger partial charge in [0.05, 0.1) is 0 Å². The van der Waals surface area contributed by atoms with Gasteiger partial charge in [0.1, 0.15) is 0 Å². The Bertz CT molecular complexity index is 387. The van der Waals surface area contributed by atoms with Gasteiger partial charge in [-0.25, -0.2) is 0 Å². The van der Waals surface area contributed by atoms with Crippen LogP contribution in [0.2, 0.25) is 0 Å². The molecule has 1 rings (SSSR count). The summed E-state index contributed by atoms with van der Waals surface area (Å²) in [6, 6.07) is 8.99. The number of hydrogen-bond donors (Lipinski definition) is 0. The predicted molar refractivity (Wildman–Crippen MR) is 72.3 cm³/mol. The zero-order valence-electron chi connectivity index (χ0n) is 11.2. The largest absolute Gasteiger partial charge is 0.279 e. The van der Waals surface area contributed by atoms with Crippen molar-refractivity contribution >= 4 is 11.8 Å². The average molecular weight is 247 g/mol. The number of rotatable bonds is 6. The van der Waals surface area contributed by atoms with Crippen LogP contribution in [0.15, 0.2) is 30.3 Å². The maximum absolute atomic E-state index is 12.3. The first-order valence-electron chi connectivity index (χ1n) is 6.60. The van der Waals surface area contributed by atoms with Crippen LogP contribution in [0.25, 0.3) is 0 Å². The van der Waals surface area contributed by atoms with Gasteiger partial charge in [-0.1, -0.05) is 38.5 Å². The van der Waals surface area contributed by atoms with E-state index in [0.29, 0.717) is 18.5 Å². The highest BCUT2D eigenvalue weighted by Crippen LogP contribution is 2.09. The van der Waals surface area contributed by atoms with E-state index in [1.165, 1.54) is 4.90 Å². The molecule has 0 atom stereocenters. The molecule has 0 saturated carbocycles. The van der Waals surface area contributed by atoms with Gasteiger partial charge in [0.25, 0.3) is 5.91 Å². The van der Waals surface area contributed by atoms with Gasteiger partial charge in [-0.05, 0) is 25.0 Å². The van der Waals surface area contributed by atoms with Crippen molar-refractivity contribution in [1.82, 2.24) is 4.90 Å². The van der Waals surface area contributed by atoms with Gasteiger partial charge < -0.3 is 0 Å². The molecule has 0 N–H and O–H groups in total. The molecule has 0 aliphatic carbocycles. The first kappa shape index (κ1) is 14.4. The molecule has 3 nitrogen and oxygen atoms in total. The minimum atomic E-state index is -0.178. The summed E-state index contributed by atoms with van der Waals surface area (Å²) in [4.78, 5) is 25.6. The Morgan fingerprint density at radius 3 is 2.28 bits per heavy atom. The van der Waals surface area contributed by atoms with Gasteiger partial charge in [0.2, 0.25) is 5.91 Å². The summed E-state index contributed by atoms with van der Waals surface area (Å²) in [5.74, 6) is -0.248. The Hall–Kier alpha value is -1.64. The number of carbonyl (C=O) groups is 2. The fraction of sp³-hybridized carbons (Fsp3) is 0.467. The van der Waals surface area contributed by atoms with E-state index in [1.54, 1.807) is 12.1 Å². The van der Waals surface area contributed by atoms with Gasteiger partial charge >= 0.3 is 0 Å². The average Bonchev–Trinajstić information content (AvgIpc) is 2.40. The third-order valence-corrected chi connectivity index (χ3v) is 2.77. The SMILES string of the molecule is CCCCN(C(=O)CCC)C(=O)c1ccccc1. The van der Waals surface area contributed by atoms with Crippen LogP contribution < -0.4 is 0 Å². The van der Waals surface area contributed by atoms with Crippen LogP contribution in [0.3, 0.4) is 0 Å². The lowest BCUT2D eigenvalue weighted by molar-refractivity contribution is -0.128. The standard InChI is InChI=1S/C15H21NO2/c1-3-5-12-16(14(17)9-4-2)15(18)13-10-7-6-8-11-13/h6-8,10-11H,3-5,9,12H2,1-2H3. The van der Waals surface area contributed by atoms with E-state index in [0.717, 1.165) is 19.3 Å². The Morgan fingerprint density at radius 2 is 1.72 bits per heavy atom. The van der Waals surface area contributed by atoms with Crippen LogP contribution in [0.1, 0.15) is 49.9 Å². The number of imide groups is 1. The Balaban J connectivity index is 2.82. The lowest BCUT2D eigenvalue weighted by Crippen LogP contribution is -2.37. The lowest BCUT2D eigenvalue weighted by Gasteiger charge is -2.20. The molecule has 0 spiro atoms. The maximum atomic E-state index is 12.3. The van der Waals surface area contributed by atoms with E-state index in [1.807, 2.05) is 25.1 Å². The van der Waals surface area contributed by atoms with Crippen LogP contribution in [-0.2, 0) is 4.79 Å². The van der Waals surface area contributed by atoms with Crippen LogP contribution in [0.4, 0.5) is 0 Å². The highest BCUT2D eigenvalue weighted by Gasteiger charge is 2.20. The highest BCUT2D eigenvalue weighted by molar-refractivity contribution is 6.04. The van der Waals surface area contributed by atoms with Gasteiger partial charge in [0.15, 0.2) is 0 Å². The molecule has 0 heterocycles. The van der Waals surface area contributed by atoms with Gasteiger partial charge in [-0.3, -0.25) is 14.5 Å². The molecular weight excluding hydrogens is 226 g/mol. The van der Waals surface area contributed by atoms with Crippen LogP contribution in [-0.4, -0.2) is 23.3 Å². The molecule has 0 aliphatic rings. The summed E-state index contributed by atoms with van der Waals surface area (Å²) in [6.07, 6.45) is 3.03.